The van der Waals surface area contributed by atoms with E-state index in [0.29, 0.717) is 5.75 Å². The minimum absolute atomic E-state index is 0.0163. The van der Waals surface area contributed by atoms with Gasteiger partial charge in [0.1, 0.15) is 0 Å². The van der Waals surface area contributed by atoms with Crippen molar-refractivity contribution in [2.45, 2.75) is 39.3 Å². The van der Waals surface area contributed by atoms with Gasteiger partial charge in [-0.2, -0.15) is 0 Å². The van der Waals surface area contributed by atoms with Crippen LogP contribution in [0.5, 0.6) is 0 Å². The fourth-order valence-corrected chi connectivity index (χ4v) is 1.65. The first-order valence-corrected chi connectivity index (χ1v) is 7.00. The predicted octanol–water partition coefficient (Wildman–Crippen LogP) is 0.258. The van der Waals surface area contributed by atoms with E-state index in [-0.39, 0.29) is 18.0 Å². The molecular formula is C10H22N2O2S. The molecule has 0 saturated carbocycles. The molecule has 5 heteroatoms. The number of hydrogen-bond acceptors (Lipinski definition) is 3. The third-order valence-corrected chi connectivity index (χ3v) is 2.75. The van der Waals surface area contributed by atoms with Gasteiger partial charge in [0, 0.05) is 28.9 Å². The molecule has 0 saturated heterocycles. The van der Waals surface area contributed by atoms with Crippen LogP contribution in [-0.4, -0.2) is 40.8 Å². The fraction of sp³-hybridized carbons (Fsp3) is 0.900. The number of carbonyl (C=O) groups is 1. The Morgan fingerprint density at radius 3 is 2.40 bits per heavy atom. The van der Waals surface area contributed by atoms with Crippen LogP contribution in [-0.2, 0) is 15.6 Å². The first-order valence-electron chi connectivity index (χ1n) is 5.27. The van der Waals surface area contributed by atoms with Crippen LogP contribution in [0.4, 0.5) is 0 Å². The zero-order valence-electron chi connectivity index (χ0n) is 10.0. The highest BCUT2D eigenvalue weighted by molar-refractivity contribution is 7.84. The number of nitrogens with one attached hydrogen (secondary N) is 2. The van der Waals surface area contributed by atoms with Gasteiger partial charge in [0.05, 0.1) is 6.04 Å². The van der Waals surface area contributed by atoms with Crippen molar-refractivity contribution < 1.29 is 9.00 Å². The zero-order chi connectivity index (χ0) is 11.8. The molecule has 0 aliphatic carbocycles. The van der Waals surface area contributed by atoms with Crippen LogP contribution in [0.15, 0.2) is 0 Å². The summed E-state index contributed by atoms with van der Waals surface area (Å²) in [5.74, 6) is 0.702. The van der Waals surface area contributed by atoms with Crippen LogP contribution >= 0.6 is 0 Å². The second kappa shape index (κ2) is 7.82. The van der Waals surface area contributed by atoms with Crippen LogP contribution < -0.4 is 10.6 Å². The number of rotatable bonds is 7. The van der Waals surface area contributed by atoms with Gasteiger partial charge >= 0.3 is 0 Å². The van der Waals surface area contributed by atoms with Crippen LogP contribution in [0.25, 0.3) is 0 Å². The molecule has 0 aliphatic rings. The minimum atomic E-state index is -0.741. The maximum absolute atomic E-state index is 11.4. The van der Waals surface area contributed by atoms with Crippen molar-refractivity contribution in [2.75, 3.05) is 18.6 Å². The van der Waals surface area contributed by atoms with E-state index < -0.39 is 10.8 Å². The molecule has 0 rings (SSSR count). The zero-order valence-corrected chi connectivity index (χ0v) is 10.8. The van der Waals surface area contributed by atoms with Crippen molar-refractivity contribution in [1.29, 1.82) is 0 Å². The van der Waals surface area contributed by atoms with E-state index in [1.807, 2.05) is 20.8 Å². The molecule has 0 heterocycles. The van der Waals surface area contributed by atoms with Gasteiger partial charge in [-0.25, -0.2) is 0 Å². The fourth-order valence-electron chi connectivity index (χ4n) is 1.10. The molecule has 4 nitrogen and oxygen atoms in total. The summed E-state index contributed by atoms with van der Waals surface area (Å²) in [4.78, 5) is 11.4. The van der Waals surface area contributed by atoms with Crippen LogP contribution in [0, 0.1) is 0 Å². The molecule has 2 atom stereocenters. The summed E-state index contributed by atoms with van der Waals surface area (Å²) in [7, 11) is -0.741. The van der Waals surface area contributed by atoms with Crippen LogP contribution in [0.3, 0.4) is 0 Å². The molecule has 1 amide bonds. The lowest BCUT2D eigenvalue weighted by Crippen LogP contribution is -2.45. The lowest BCUT2D eigenvalue weighted by molar-refractivity contribution is -0.123. The lowest BCUT2D eigenvalue weighted by Gasteiger charge is -2.15. The van der Waals surface area contributed by atoms with Gasteiger partial charge in [-0.15, -0.1) is 0 Å². The normalized spacial score (nSPS) is 15.0. The number of carbonyl (C=O) groups excluding carboxylic acids is 1. The van der Waals surface area contributed by atoms with Crippen molar-refractivity contribution in [1.82, 2.24) is 10.6 Å². The SMILES string of the molecule is CC(C)NC(=O)C(C)NCCCS(C)=O. The Labute approximate surface area is 94.7 Å². The van der Waals surface area contributed by atoms with Gasteiger partial charge in [0.2, 0.25) is 5.91 Å². The average molecular weight is 234 g/mol. The van der Waals surface area contributed by atoms with Gasteiger partial charge in [-0.3, -0.25) is 9.00 Å². The molecule has 15 heavy (non-hydrogen) atoms. The summed E-state index contributed by atoms with van der Waals surface area (Å²) in [5.41, 5.74) is 0. The topological polar surface area (TPSA) is 58.2 Å². The Morgan fingerprint density at radius 2 is 1.93 bits per heavy atom. The lowest BCUT2D eigenvalue weighted by atomic mass is 10.2. The Morgan fingerprint density at radius 1 is 1.33 bits per heavy atom. The molecule has 0 fully saturated rings. The molecule has 0 bridgehead atoms. The maximum Gasteiger partial charge on any atom is 0.237 e. The minimum Gasteiger partial charge on any atom is -0.353 e. The molecule has 0 radical (unpaired) electrons. The van der Waals surface area contributed by atoms with E-state index in [9.17, 15) is 9.00 Å². The van der Waals surface area contributed by atoms with E-state index in [4.69, 9.17) is 0 Å². The monoisotopic (exact) mass is 234 g/mol. The largest absolute Gasteiger partial charge is 0.353 e. The quantitative estimate of drug-likeness (QED) is 0.621. The highest BCUT2D eigenvalue weighted by Crippen LogP contribution is 1.87. The van der Waals surface area contributed by atoms with Crippen molar-refractivity contribution in [3.05, 3.63) is 0 Å². The summed E-state index contributed by atoms with van der Waals surface area (Å²) in [6.45, 7) is 6.43. The number of hydrogen-bond donors (Lipinski definition) is 2. The second-order valence-electron chi connectivity index (χ2n) is 3.97. The van der Waals surface area contributed by atoms with Gasteiger partial charge in [-0.05, 0) is 33.7 Å². The molecule has 0 spiro atoms. The van der Waals surface area contributed by atoms with Gasteiger partial charge in [0.25, 0.3) is 0 Å². The van der Waals surface area contributed by atoms with E-state index in [0.717, 1.165) is 13.0 Å². The highest BCUT2D eigenvalue weighted by Gasteiger charge is 2.11. The summed E-state index contributed by atoms with van der Waals surface area (Å²) in [5, 5.41) is 5.93. The third-order valence-electron chi connectivity index (χ3n) is 1.88. The average Bonchev–Trinajstić information content (AvgIpc) is 2.10. The summed E-state index contributed by atoms with van der Waals surface area (Å²) in [6, 6.07) is -0.0115. The first-order chi connectivity index (χ1) is 6.93. The smallest absolute Gasteiger partial charge is 0.237 e. The van der Waals surface area contributed by atoms with E-state index in [2.05, 4.69) is 10.6 Å². The van der Waals surface area contributed by atoms with Crippen LogP contribution in [0.2, 0.25) is 0 Å². The Bertz CT molecular complexity index is 219. The molecule has 0 aromatic heterocycles. The molecule has 0 aliphatic heterocycles. The summed E-state index contributed by atoms with van der Waals surface area (Å²) in [6.07, 6.45) is 2.53. The predicted molar refractivity (Wildman–Crippen MR) is 64.3 cm³/mol. The standard InChI is InChI=1S/C10H22N2O2S/c1-8(2)12-10(13)9(3)11-6-5-7-15(4)14/h8-9,11H,5-7H2,1-4H3,(H,12,13). The first kappa shape index (κ1) is 14.6. The Balaban J connectivity index is 3.60. The summed E-state index contributed by atoms with van der Waals surface area (Å²) >= 11 is 0. The Hall–Kier alpha value is -0.420. The van der Waals surface area contributed by atoms with Crippen molar-refractivity contribution in [3.63, 3.8) is 0 Å². The van der Waals surface area contributed by atoms with Gasteiger partial charge in [0.15, 0.2) is 0 Å². The Kier molecular flexibility index (Phi) is 7.60. The number of amides is 1. The molecular weight excluding hydrogens is 212 g/mol. The highest BCUT2D eigenvalue weighted by atomic mass is 32.2. The van der Waals surface area contributed by atoms with E-state index in [1.54, 1.807) is 6.26 Å². The molecule has 2 N–H and O–H groups in total. The van der Waals surface area contributed by atoms with Crippen molar-refractivity contribution in [3.8, 4) is 0 Å². The third kappa shape index (κ3) is 8.57. The van der Waals surface area contributed by atoms with Crippen LogP contribution in [0.1, 0.15) is 27.2 Å². The molecule has 2 unspecified atom stereocenters. The van der Waals surface area contributed by atoms with E-state index >= 15 is 0 Å². The van der Waals surface area contributed by atoms with Gasteiger partial charge in [-0.1, -0.05) is 0 Å². The molecule has 0 aromatic carbocycles. The van der Waals surface area contributed by atoms with Crippen molar-refractivity contribution >= 4 is 16.7 Å². The molecule has 0 aromatic rings. The molecule has 90 valence electrons. The van der Waals surface area contributed by atoms with E-state index in [1.165, 1.54) is 0 Å². The maximum atomic E-state index is 11.4. The second-order valence-corrected chi connectivity index (χ2v) is 5.52. The summed E-state index contributed by atoms with van der Waals surface area (Å²) < 4.78 is 10.8. The van der Waals surface area contributed by atoms with Crippen molar-refractivity contribution in [2.24, 2.45) is 0 Å². The van der Waals surface area contributed by atoms with Gasteiger partial charge < -0.3 is 10.6 Å².